The highest BCUT2D eigenvalue weighted by atomic mass is 16.6. The van der Waals surface area contributed by atoms with Crippen molar-refractivity contribution in [2.75, 3.05) is 44.9 Å². The zero-order valence-corrected chi connectivity index (χ0v) is 11.4. The molecule has 0 unspecified atom stereocenters. The monoisotopic (exact) mass is 280 g/mol. The number of benzene rings is 1. The minimum absolute atomic E-state index is 0.108. The number of nitro groups is 1. The summed E-state index contributed by atoms with van der Waals surface area (Å²) < 4.78 is 0. The summed E-state index contributed by atoms with van der Waals surface area (Å²) in [6.45, 7) is 4.68. The molecular formula is C13H20N4O3. The largest absolute Gasteiger partial charge is 0.385 e. The van der Waals surface area contributed by atoms with Gasteiger partial charge in [0.1, 0.15) is 0 Å². The van der Waals surface area contributed by atoms with E-state index >= 15 is 0 Å². The highest BCUT2D eigenvalue weighted by Crippen LogP contribution is 2.15. The smallest absolute Gasteiger partial charge is 0.269 e. The molecule has 2 N–H and O–H groups in total. The number of nitrogens with one attached hydrogen (secondary N) is 1. The highest BCUT2D eigenvalue weighted by molar-refractivity contribution is 5.48. The fourth-order valence-corrected chi connectivity index (χ4v) is 2.24. The maximum atomic E-state index is 10.5. The van der Waals surface area contributed by atoms with Gasteiger partial charge in [0.15, 0.2) is 0 Å². The molecule has 0 bridgehead atoms. The molecule has 110 valence electrons. The molecule has 0 atom stereocenters. The van der Waals surface area contributed by atoms with Gasteiger partial charge in [-0.1, -0.05) is 0 Å². The van der Waals surface area contributed by atoms with Crippen molar-refractivity contribution >= 4 is 11.4 Å². The Balaban J connectivity index is 1.65. The van der Waals surface area contributed by atoms with Gasteiger partial charge in [-0.2, -0.15) is 0 Å². The Hall–Kier alpha value is -1.70. The van der Waals surface area contributed by atoms with Gasteiger partial charge in [0.25, 0.3) is 5.69 Å². The molecule has 1 aliphatic rings. The number of hydrogen-bond donors (Lipinski definition) is 2. The maximum Gasteiger partial charge on any atom is 0.269 e. The van der Waals surface area contributed by atoms with Crippen LogP contribution in [0.25, 0.3) is 0 Å². The number of anilines is 1. The predicted octanol–water partition coefficient (Wildman–Crippen LogP) is 0.922. The minimum atomic E-state index is -0.399. The molecule has 1 aromatic carbocycles. The quantitative estimate of drug-likeness (QED) is 0.439. The van der Waals surface area contributed by atoms with Crippen molar-refractivity contribution in [3.63, 3.8) is 0 Å². The Bertz CT molecular complexity index is 438. The Morgan fingerprint density at radius 2 is 1.95 bits per heavy atom. The summed E-state index contributed by atoms with van der Waals surface area (Å²) in [6, 6.07) is 6.45. The molecule has 1 heterocycles. The number of aliphatic hydroxyl groups excluding tert-OH is 1. The summed E-state index contributed by atoms with van der Waals surface area (Å²) in [5.74, 6) is 0. The zero-order valence-electron chi connectivity index (χ0n) is 11.4. The van der Waals surface area contributed by atoms with Crippen molar-refractivity contribution in [3.8, 4) is 0 Å². The molecular weight excluding hydrogens is 260 g/mol. The van der Waals surface area contributed by atoms with Crippen LogP contribution in [-0.2, 0) is 0 Å². The SMILES string of the molecule is O=[N+]([O-])c1ccc(NCCCN2CCN(CO)C2)cc1. The van der Waals surface area contributed by atoms with Gasteiger partial charge < -0.3 is 10.4 Å². The summed E-state index contributed by atoms with van der Waals surface area (Å²) in [6.07, 6.45) is 0.996. The zero-order chi connectivity index (χ0) is 14.4. The molecule has 0 radical (unpaired) electrons. The van der Waals surface area contributed by atoms with Crippen molar-refractivity contribution in [3.05, 3.63) is 34.4 Å². The number of rotatable bonds is 7. The molecule has 1 saturated heterocycles. The molecule has 20 heavy (non-hydrogen) atoms. The summed E-state index contributed by atoms with van der Waals surface area (Å²) >= 11 is 0. The van der Waals surface area contributed by atoms with E-state index in [9.17, 15) is 10.1 Å². The van der Waals surface area contributed by atoms with E-state index in [1.54, 1.807) is 12.1 Å². The van der Waals surface area contributed by atoms with Crippen LogP contribution in [0.4, 0.5) is 11.4 Å². The minimum Gasteiger partial charge on any atom is -0.385 e. The second-order valence-electron chi connectivity index (χ2n) is 4.88. The molecule has 0 spiro atoms. The molecule has 0 aromatic heterocycles. The molecule has 1 fully saturated rings. The molecule has 0 amide bonds. The summed E-state index contributed by atoms with van der Waals surface area (Å²) in [5, 5.41) is 22.8. The van der Waals surface area contributed by atoms with E-state index in [2.05, 4.69) is 10.2 Å². The first-order chi connectivity index (χ1) is 9.69. The third-order valence-corrected chi connectivity index (χ3v) is 3.39. The van der Waals surface area contributed by atoms with Gasteiger partial charge in [-0.3, -0.25) is 19.9 Å². The lowest BCUT2D eigenvalue weighted by Crippen LogP contribution is -2.27. The van der Waals surface area contributed by atoms with Gasteiger partial charge in [0, 0.05) is 44.0 Å². The highest BCUT2D eigenvalue weighted by Gasteiger charge is 2.17. The van der Waals surface area contributed by atoms with Gasteiger partial charge in [-0.15, -0.1) is 0 Å². The first-order valence-electron chi connectivity index (χ1n) is 6.73. The van der Waals surface area contributed by atoms with Crippen LogP contribution >= 0.6 is 0 Å². The molecule has 7 nitrogen and oxygen atoms in total. The van der Waals surface area contributed by atoms with E-state index in [1.165, 1.54) is 12.1 Å². The second kappa shape index (κ2) is 7.18. The van der Waals surface area contributed by atoms with Crippen LogP contribution < -0.4 is 5.32 Å². The van der Waals surface area contributed by atoms with Crippen LogP contribution in [0.3, 0.4) is 0 Å². The van der Waals surface area contributed by atoms with Crippen molar-refractivity contribution in [1.82, 2.24) is 9.80 Å². The lowest BCUT2D eigenvalue weighted by Gasteiger charge is -2.16. The van der Waals surface area contributed by atoms with Gasteiger partial charge in [0.05, 0.1) is 18.3 Å². The second-order valence-corrected chi connectivity index (χ2v) is 4.88. The van der Waals surface area contributed by atoms with Crippen molar-refractivity contribution in [2.45, 2.75) is 6.42 Å². The normalized spacial score (nSPS) is 16.4. The van der Waals surface area contributed by atoms with E-state index < -0.39 is 4.92 Å². The number of aliphatic hydroxyl groups is 1. The van der Waals surface area contributed by atoms with Gasteiger partial charge in [-0.05, 0) is 18.6 Å². The van der Waals surface area contributed by atoms with E-state index in [0.717, 1.165) is 45.0 Å². The lowest BCUT2D eigenvalue weighted by molar-refractivity contribution is -0.384. The molecule has 7 heteroatoms. The Morgan fingerprint density at radius 3 is 2.55 bits per heavy atom. The standard InChI is InChI=1S/C13H20N4O3/c18-11-16-9-8-15(10-16)7-1-6-14-12-2-4-13(5-3-12)17(19)20/h2-5,14,18H,1,6-11H2. The van der Waals surface area contributed by atoms with Crippen molar-refractivity contribution in [1.29, 1.82) is 0 Å². The van der Waals surface area contributed by atoms with Crippen LogP contribution in [0.5, 0.6) is 0 Å². The first kappa shape index (κ1) is 14.7. The Kier molecular flexibility index (Phi) is 5.28. The number of nitro benzene ring substituents is 1. The summed E-state index contributed by atoms with van der Waals surface area (Å²) in [5.41, 5.74) is 1.01. The molecule has 2 rings (SSSR count). The summed E-state index contributed by atoms with van der Waals surface area (Å²) in [4.78, 5) is 14.4. The third kappa shape index (κ3) is 4.16. The van der Waals surface area contributed by atoms with Crippen LogP contribution in [0, 0.1) is 10.1 Å². The van der Waals surface area contributed by atoms with E-state index in [1.807, 2.05) is 4.90 Å². The van der Waals surface area contributed by atoms with E-state index in [-0.39, 0.29) is 12.4 Å². The van der Waals surface area contributed by atoms with Gasteiger partial charge >= 0.3 is 0 Å². The number of hydrogen-bond acceptors (Lipinski definition) is 6. The number of non-ortho nitro benzene ring substituents is 1. The Labute approximate surface area is 117 Å². The van der Waals surface area contributed by atoms with Gasteiger partial charge in [0.2, 0.25) is 0 Å². The van der Waals surface area contributed by atoms with Crippen LogP contribution in [-0.4, -0.2) is 59.4 Å². The van der Waals surface area contributed by atoms with E-state index in [0.29, 0.717) is 0 Å². The Morgan fingerprint density at radius 1 is 1.25 bits per heavy atom. The van der Waals surface area contributed by atoms with Crippen LogP contribution in [0.2, 0.25) is 0 Å². The molecule has 1 aromatic rings. The average Bonchev–Trinajstić information content (AvgIpc) is 2.92. The van der Waals surface area contributed by atoms with Gasteiger partial charge in [-0.25, -0.2) is 0 Å². The molecule has 0 saturated carbocycles. The van der Waals surface area contributed by atoms with E-state index in [4.69, 9.17) is 5.11 Å². The van der Waals surface area contributed by atoms with Crippen LogP contribution in [0.1, 0.15) is 6.42 Å². The maximum absolute atomic E-state index is 10.5. The molecule has 0 aliphatic carbocycles. The van der Waals surface area contributed by atoms with Crippen molar-refractivity contribution in [2.24, 2.45) is 0 Å². The fourth-order valence-electron chi connectivity index (χ4n) is 2.24. The topological polar surface area (TPSA) is 81.9 Å². The number of nitrogens with zero attached hydrogens (tertiary/aromatic N) is 3. The third-order valence-electron chi connectivity index (χ3n) is 3.39. The van der Waals surface area contributed by atoms with Crippen LogP contribution in [0.15, 0.2) is 24.3 Å². The first-order valence-corrected chi connectivity index (χ1v) is 6.73. The molecule has 1 aliphatic heterocycles. The average molecular weight is 280 g/mol. The summed E-state index contributed by atoms with van der Waals surface area (Å²) in [7, 11) is 0. The fraction of sp³-hybridized carbons (Fsp3) is 0.538. The van der Waals surface area contributed by atoms with Crippen molar-refractivity contribution < 1.29 is 10.0 Å². The lowest BCUT2D eigenvalue weighted by atomic mass is 10.3. The predicted molar refractivity (Wildman–Crippen MR) is 76.4 cm³/mol.